The molecule has 0 radical (unpaired) electrons. The van der Waals surface area contributed by atoms with Crippen molar-refractivity contribution in [1.29, 1.82) is 0 Å². The first-order valence-electron chi connectivity index (χ1n) is 6.67. The van der Waals surface area contributed by atoms with E-state index in [-0.39, 0.29) is 6.73 Å². The highest BCUT2D eigenvalue weighted by molar-refractivity contribution is 6.05. The molecule has 2 rings (SSSR count). The van der Waals surface area contributed by atoms with Crippen LogP contribution in [0, 0.1) is 0 Å². The standard InChI is InChI=1S/C15H22N2O/c1-4-12-9-14(11(2)3)17(15(12)16-10-18)13-7-5-6-8-13/h4,9,13,18H,2,5-8,10H2,1,3H3/b12-4-,16-15+. The summed E-state index contributed by atoms with van der Waals surface area (Å²) in [6.45, 7) is 7.95. The first kappa shape index (κ1) is 13.1. The van der Waals surface area contributed by atoms with Gasteiger partial charge in [0.1, 0.15) is 12.6 Å². The van der Waals surface area contributed by atoms with E-state index in [1.165, 1.54) is 25.7 Å². The fraction of sp³-hybridized carbons (Fsp3) is 0.533. The molecule has 0 spiro atoms. The number of nitrogens with zero attached hydrogens (tertiary/aromatic N) is 2. The average Bonchev–Trinajstić information content (AvgIpc) is 2.95. The van der Waals surface area contributed by atoms with Crippen molar-refractivity contribution in [2.24, 2.45) is 4.99 Å². The van der Waals surface area contributed by atoms with Gasteiger partial charge in [0.2, 0.25) is 0 Å². The molecule has 0 bridgehead atoms. The highest BCUT2D eigenvalue weighted by Crippen LogP contribution is 2.35. The van der Waals surface area contributed by atoms with Crippen molar-refractivity contribution in [3.63, 3.8) is 0 Å². The van der Waals surface area contributed by atoms with Gasteiger partial charge in [-0.1, -0.05) is 25.5 Å². The van der Waals surface area contributed by atoms with Gasteiger partial charge in [0.05, 0.1) is 0 Å². The maximum Gasteiger partial charge on any atom is 0.137 e. The molecule has 1 heterocycles. The van der Waals surface area contributed by atoms with Crippen LogP contribution < -0.4 is 0 Å². The summed E-state index contributed by atoms with van der Waals surface area (Å²) in [5, 5.41) is 9.14. The summed E-state index contributed by atoms with van der Waals surface area (Å²) < 4.78 is 0. The minimum absolute atomic E-state index is 0.160. The van der Waals surface area contributed by atoms with Gasteiger partial charge in [-0.25, -0.2) is 4.99 Å². The summed E-state index contributed by atoms with van der Waals surface area (Å²) in [7, 11) is 0. The summed E-state index contributed by atoms with van der Waals surface area (Å²) in [5.41, 5.74) is 3.31. The van der Waals surface area contributed by atoms with E-state index in [9.17, 15) is 0 Å². The third-order valence-corrected chi connectivity index (χ3v) is 3.70. The van der Waals surface area contributed by atoms with Crippen LogP contribution in [-0.4, -0.2) is 28.6 Å². The van der Waals surface area contributed by atoms with Crippen molar-refractivity contribution in [3.8, 4) is 0 Å². The second-order valence-corrected chi connectivity index (χ2v) is 4.99. The Balaban J connectivity index is 2.39. The Hall–Kier alpha value is -1.35. The number of allylic oxidation sites excluding steroid dienone is 2. The Morgan fingerprint density at radius 3 is 2.72 bits per heavy atom. The van der Waals surface area contributed by atoms with E-state index in [2.05, 4.69) is 22.5 Å². The highest BCUT2D eigenvalue weighted by atomic mass is 16.3. The monoisotopic (exact) mass is 246 g/mol. The molecule has 0 aromatic rings. The van der Waals surface area contributed by atoms with Gasteiger partial charge >= 0.3 is 0 Å². The van der Waals surface area contributed by atoms with Crippen LogP contribution in [0.1, 0.15) is 39.5 Å². The van der Waals surface area contributed by atoms with Crippen LogP contribution in [0.2, 0.25) is 0 Å². The first-order valence-corrected chi connectivity index (χ1v) is 6.67. The molecule has 1 fully saturated rings. The summed E-state index contributed by atoms with van der Waals surface area (Å²) in [6, 6.07) is 0.510. The molecule has 1 N–H and O–H groups in total. The van der Waals surface area contributed by atoms with Gasteiger partial charge in [-0.3, -0.25) is 0 Å². The zero-order valence-electron chi connectivity index (χ0n) is 11.3. The van der Waals surface area contributed by atoms with Crippen molar-refractivity contribution >= 4 is 5.84 Å². The predicted octanol–water partition coefficient (Wildman–Crippen LogP) is 3.00. The molecule has 0 unspecified atom stereocenters. The van der Waals surface area contributed by atoms with Crippen molar-refractivity contribution < 1.29 is 5.11 Å². The molecule has 0 saturated heterocycles. The molecule has 3 heteroatoms. The Morgan fingerprint density at radius 2 is 2.22 bits per heavy atom. The normalized spacial score (nSPS) is 25.3. The molecule has 0 amide bonds. The maximum absolute atomic E-state index is 9.14. The van der Waals surface area contributed by atoms with Crippen LogP contribution in [0.3, 0.4) is 0 Å². The Kier molecular flexibility index (Phi) is 4.02. The van der Waals surface area contributed by atoms with Crippen LogP contribution in [0.25, 0.3) is 0 Å². The number of aliphatic hydroxyl groups is 1. The molecule has 98 valence electrons. The average molecular weight is 246 g/mol. The van der Waals surface area contributed by atoms with Crippen molar-refractivity contribution in [1.82, 2.24) is 4.90 Å². The minimum Gasteiger partial charge on any atom is -0.374 e. The number of hydrogen-bond donors (Lipinski definition) is 1. The van der Waals surface area contributed by atoms with Gasteiger partial charge in [0.25, 0.3) is 0 Å². The topological polar surface area (TPSA) is 35.8 Å². The van der Waals surface area contributed by atoms with Gasteiger partial charge < -0.3 is 10.0 Å². The molecule has 18 heavy (non-hydrogen) atoms. The number of amidine groups is 1. The van der Waals surface area contributed by atoms with Gasteiger partial charge in [0.15, 0.2) is 0 Å². The summed E-state index contributed by atoms with van der Waals surface area (Å²) in [6.07, 6.45) is 9.14. The number of rotatable bonds is 3. The first-order chi connectivity index (χ1) is 8.69. The van der Waals surface area contributed by atoms with E-state index in [4.69, 9.17) is 5.11 Å². The molecule has 1 aliphatic carbocycles. The third-order valence-electron chi connectivity index (χ3n) is 3.70. The van der Waals surface area contributed by atoms with Gasteiger partial charge in [-0.15, -0.1) is 0 Å². The van der Waals surface area contributed by atoms with E-state index in [0.29, 0.717) is 6.04 Å². The molecule has 2 aliphatic rings. The molecule has 0 atom stereocenters. The van der Waals surface area contributed by atoms with E-state index in [1.807, 2.05) is 19.9 Å². The quantitative estimate of drug-likeness (QED) is 0.831. The summed E-state index contributed by atoms with van der Waals surface area (Å²) in [5.74, 6) is 0.907. The molecule has 1 saturated carbocycles. The van der Waals surface area contributed by atoms with E-state index in [0.717, 1.165) is 22.7 Å². The minimum atomic E-state index is -0.160. The van der Waals surface area contributed by atoms with Crippen LogP contribution in [-0.2, 0) is 0 Å². The second kappa shape index (κ2) is 5.53. The summed E-state index contributed by atoms with van der Waals surface area (Å²) >= 11 is 0. The van der Waals surface area contributed by atoms with Gasteiger partial charge in [0, 0.05) is 17.3 Å². The number of aliphatic imine (C=N–C) groups is 1. The van der Waals surface area contributed by atoms with Crippen molar-refractivity contribution in [2.75, 3.05) is 6.73 Å². The van der Waals surface area contributed by atoms with Crippen LogP contribution >= 0.6 is 0 Å². The lowest BCUT2D eigenvalue weighted by molar-refractivity contribution is 0.304. The van der Waals surface area contributed by atoms with Gasteiger partial charge in [-0.2, -0.15) is 0 Å². The van der Waals surface area contributed by atoms with Crippen LogP contribution in [0.5, 0.6) is 0 Å². The SMILES string of the molecule is C=C(C)C1=CC(=C/C)/C(=N\CO)N1C1CCCC1. The van der Waals surface area contributed by atoms with Crippen molar-refractivity contribution in [2.45, 2.75) is 45.6 Å². The Bertz CT molecular complexity index is 426. The molecular formula is C15H22N2O. The summed E-state index contributed by atoms with van der Waals surface area (Å²) in [4.78, 5) is 6.55. The number of hydrogen-bond acceptors (Lipinski definition) is 2. The Labute approximate surface area is 109 Å². The lowest BCUT2D eigenvalue weighted by Crippen LogP contribution is -2.35. The van der Waals surface area contributed by atoms with Crippen molar-refractivity contribution in [3.05, 3.63) is 35.6 Å². The molecule has 3 nitrogen and oxygen atoms in total. The molecule has 0 aromatic carbocycles. The molecular weight excluding hydrogens is 224 g/mol. The lowest BCUT2D eigenvalue weighted by Gasteiger charge is -2.30. The zero-order valence-corrected chi connectivity index (χ0v) is 11.3. The van der Waals surface area contributed by atoms with Crippen LogP contribution in [0.4, 0.5) is 0 Å². The highest BCUT2D eigenvalue weighted by Gasteiger charge is 2.33. The molecule has 1 aliphatic heterocycles. The fourth-order valence-electron chi connectivity index (χ4n) is 2.84. The fourth-order valence-corrected chi connectivity index (χ4v) is 2.84. The van der Waals surface area contributed by atoms with E-state index in [1.54, 1.807) is 0 Å². The van der Waals surface area contributed by atoms with Crippen LogP contribution in [0.15, 0.2) is 40.6 Å². The smallest absolute Gasteiger partial charge is 0.137 e. The maximum atomic E-state index is 9.14. The molecule has 0 aromatic heterocycles. The van der Waals surface area contributed by atoms with E-state index >= 15 is 0 Å². The van der Waals surface area contributed by atoms with Gasteiger partial charge in [-0.05, 0) is 38.3 Å². The van der Waals surface area contributed by atoms with E-state index < -0.39 is 0 Å². The Morgan fingerprint density at radius 1 is 1.56 bits per heavy atom. The number of aliphatic hydroxyl groups excluding tert-OH is 1. The largest absolute Gasteiger partial charge is 0.374 e. The second-order valence-electron chi connectivity index (χ2n) is 4.99. The lowest BCUT2D eigenvalue weighted by atomic mass is 10.1. The zero-order chi connectivity index (χ0) is 13.1. The predicted molar refractivity (Wildman–Crippen MR) is 75.3 cm³/mol. The third kappa shape index (κ3) is 2.27.